The Morgan fingerprint density at radius 3 is 2.79 bits per heavy atom. The second kappa shape index (κ2) is 7.14. The third kappa shape index (κ3) is 4.56. The summed E-state index contributed by atoms with van der Waals surface area (Å²) >= 11 is 0. The second-order valence-electron chi connectivity index (χ2n) is 4.22. The lowest BCUT2D eigenvalue weighted by Gasteiger charge is -2.10. The van der Waals surface area contributed by atoms with Crippen LogP contribution in [0.5, 0.6) is 0 Å². The molecule has 0 spiro atoms. The molecule has 106 valence electrons. The topological polar surface area (TPSA) is 96.3 Å². The molecule has 6 nitrogen and oxygen atoms in total. The number of nitrogens with zero attached hydrogens (tertiary/aromatic N) is 1. The lowest BCUT2D eigenvalue weighted by atomic mass is 10.2. The highest BCUT2D eigenvalue weighted by atomic mass is 32.2. The van der Waals surface area contributed by atoms with Crippen molar-refractivity contribution in [3.05, 3.63) is 10.6 Å². The molecule has 1 aliphatic rings. The Morgan fingerprint density at radius 2 is 2.16 bits per heavy atom. The molecule has 7 heteroatoms. The van der Waals surface area contributed by atoms with E-state index in [2.05, 4.69) is 10.1 Å². The van der Waals surface area contributed by atoms with Gasteiger partial charge in [0.2, 0.25) is 9.84 Å². The highest BCUT2D eigenvalue weighted by molar-refractivity contribution is 7.96. The van der Waals surface area contributed by atoms with Crippen molar-refractivity contribution < 1.29 is 17.9 Å². The van der Waals surface area contributed by atoms with Crippen molar-refractivity contribution in [2.75, 3.05) is 18.9 Å². The normalized spacial score (nSPS) is 18.7. The quantitative estimate of drug-likeness (QED) is 0.608. The molecular formula is C12H18N2O4S. The summed E-state index contributed by atoms with van der Waals surface area (Å²) in [6.45, 7) is 2.36. The third-order valence-electron chi connectivity index (χ3n) is 2.74. The average molecular weight is 286 g/mol. The number of hydrogen-bond acceptors (Lipinski definition) is 6. The number of nitriles is 1. The highest BCUT2D eigenvalue weighted by Crippen LogP contribution is 2.19. The van der Waals surface area contributed by atoms with E-state index in [-0.39, 0.29) is 11.5 Å². The molecular weight excluding hydrogens is 268 g/mol. The number of nitrogens with one attached hydrogen (secondary N) is 1. The van der Waals surface area contributed by atoms with E-state index in [9.17, 15) is 13.2 Å². The number of carbonyl (C=O) groups excluding carboxylic acids is 1. The van der Waals surface area contributed by atoms with E-state index >= 15 is 0 Å². The maximum Gasteiger partial charge on any atom is 0.321 e. The zero-order valence-corrected chi connectivity index (χ0v) is 11.8. The SMILES string of the molecule is CCOC(=O)CS(=O)(=O)C(C#N)=C1CCCCCN1. The van der Waals surface area contributed by atoms with Gasteiger partial charge in [0, 0.05) is 12.2 Å². The van der Waals surface area contributed by atoms with E-state index in [1.807, 2.05) is 0 Å². The fraction of sp³-hybridized carbons (Fsp3) is 0.667. The predicted octanol–water partition coefficient (Wildman–Crippen LogP) is 0.863. The molecule has 1 rings (SSSR count). The number of rotatable bonds is 4. The molecule has 0 amide bonds. The predicted molar refractivity (Wildman–Crippen MR) is 69.5 cm³/mol. The molecule has 1 fully saturated rings. The van der Waals surface area contributed by atoms with Gasteiger partial charge in [-0.05, 0) is 26.2 Å². The maximum absolute atomic E-state index is 12.0. The van der Waals surface area contributed by atoms with Crippen molar-refractivity contribution in [1.82, 2.24) is 5.32 Å². The minimum Gasteiger partial charge on any atom is -0.465 e. The first kappa shape index (κ1) is 15.5. The molecule has 0 radical (unpaired) electrons. The molecule has 0 unspecified atom stereocenters. The standard InChI is InChI=1S/C12H18N2O4S/c1-2-18-12(15)9-19(16,17)11(8-13)10-6-4-3-5-7-14-10/h14H,2-7,9H2,1H3. The summed E-state index contributed by atoms with van der Waals surface area (Å²) in [7, 11) is -3.93. The van der Waals surface area contributed by atoms with Crippen molar-refractivity contribution >= 4 is 15.8 Å². The zero-order chi connectivity index (χ0) is 14.3. The Bertz CT molecular complexity index is 492. The lowest BCUT2D eigenvalue weighted by molar-refractivity contribution is -0.139. The Kier molecular flexibility index (Phi) is 5.83. The first-order chi connectivity index (χ1) is 9.01. The van der Waals surface area contributed by atoms with Crippen LogP contribution in [-0.2, 0) is 19.4 Å². The van der Waals surface area contributed by atoms with Crippen LogP contribution in [0.2, 0.25) is 0 Å². The molecule has 1 heterocycles. The van der Waals surface area contributed by atoms with E-state index in [1.165, 1.54) is 0 Å². The van der Waals surface area contributed by atoms with Crippen LogP contribution in [0.25, 0.3) is 0 Å². The fourth-order valence-electron chi connectivity index (χ4n) is 1.88. The first-order valence-electron chi connectivity index (χ1n) is 6.26. The molecule has 0 saturated carbocycles. The fourth-order valence-corrected chi connectivity index (χ4v) is 3.11. The van der Waals surface area contributed by atoms with Crippen LogP contribution in [0.4, 0.5) is 0 Å². The Morgan fingerprint density at radius 1 is 1.42 bits per heavy atom. The minimum atomic E-state index is -3.93. The minimum absolute atomic E-state index is 0.116. The van der Waals surface area contributed by atoms with Gasteiger partial charge >= 0.3 is 5.97 Å². The van der Waals surface area contributed by atoms with Gasteiger partial charge in [-0.1, -0.05) is 6.42 Å². The second-order valence-corrected chi connectivity index (χ2v) is 6.15. The van der Waals surface area contributed by atoms with Gasteiger partial charge in [-0.3, -0.25) is 4.79 Å². The van der Waals surface area contributed by atoms with Crippen LogP contribution in [0.15, 0.2) is 10.6 Å². The van der Waals surface area contributed by atoms with E-state index in [0.717, 1.165) is 19.3 Å². The maximum atomic E-state index is 12.0. The molecule has 1 aliphatic heterocycles. The number of esters is 1. The number of sulfone groups is 1. The Balaban J connectivity index is 2.97. The smallest absolute Gasteiger partial charge is 0.321 e. The van der Waals surface area contributed by atoms with Crippen LogP contribution in [0, 0.1) is 11.3 Å². The molecule has 1 N–H and O–H groups in total. The molecule has 0 bridgehead atoms. The summed E-state index contributed by atoms with van der Waals surface area (Å²) in [5, 5.41) is 12.0. The van der Waals surface area contributed by atoms with Gasteiger partial charge < -0.3 is 10.1 Å². The summed E-state index contributed by atoms with van der Waals surface area (Å²) in [5.74, 6) is -1.61. The van der Waals surface area contributed by atoms with Crippen molar-refractivity contribution in [2.45, 2.75) is 32.6 Å². The van der Waals surface area contributed by atoms with Crippen LogP contribution in [-0.4, -0.2) is 33.3 Å². The van der Waals surface area contributed by atoms with Gasteiger partial charge in [0.1, 0.15) is 6.07 Å². The molecule has 0 aromatic heterocycles. The van der Waals surface area contributed by atoms with E-state index in [1.54, 1.807) is 13.0 Å². The molecule has 19 heavy (non-hydrogen) atoms. The van der Waals surface area contributed by atoms with E-state index < -0.39 is 21.6 Å². The van der Waals surface area contributed by atoms with Gasteiger partial charge in [0.05, 0.1) is 6.61 Å². The summed E-state index contributed by atoms with van der Waals surface area (Å²) in [6, 6.07) is 1.71. The van der Waals surface area contributed by atoms with Gasteiger partial charge in [-0.2, -0.15) is 5.26 Å². The number of ether oxygens (including phenoxy) is 1. The summed E-state index contributed by atoms with van der Waals surface area (Å²) in [4.78, 5) is 10.9. The number of allylic oxidation sites excluding steroid dienone is 2. The van der Waals surface area contributed by atoms with Crippen molar-refractivity contribution in [1.29, 1.82) is 5.26 Å². The van der Waals surface area contributed by atoms with Crippen molar-refractivity contribution in [2.24, 2.45) is 0 Å². The number of carbonyl (C=O) groups is 1. The molecule has 0 aromatic carbocycles. The van der Waals surface area contributed by atoms with Crippen LogP contribution in [0.1, 0.15) is 32.6 Å². The van der Waals surface area contributed by atoms with Gasteiger partial charge in [0.25, 0.3) is 0 Å². The van der Waals surface area contributed by atoms with E-state index in [0.29, 0.717) is 18.7 Å². The average Bonchev–Trinajstić information content (AvgIpc) is 2.58. The van der Waals surface area contributed by atoms with Crippen LogP contribution < -0.4 is 5.32 Å². The zero-order valence-electron chi connectivity index (χ0n) is 10.9. The van der Waals surface area contributed by atoms with Crippen molar-refractivity contribution in [3.8, 4) is 6.07 Å². The molecule has 0 atom stereocenters. The molecule has 0 aliphatic carbocycles. The molecule has 1 saturated heterocycles. The highest BCUT2D eigenvalue weighted by Gasteiger charge is 2.26. The summed E-state index contributed by atoms with van der Waals surface area (Å²) in [5.41, 5.74) is 0.421. The Hall–Kier alpha value is -1.55. The van der Waals surface area contributed by atoms with Crippen LogP contribution >= 0.6 is 0 Å². The first-order valence-corrected chi connectivity index (χ1v) is 7.92. The Labute approximate surface area is 113 Å². The van der Waals surface area contributed by atoms with E-state index in [4.69, 9.17) is 5.26 Å². The monoisotopic (exact) mass is 286 g/mol. The lowest BCUT2D eigenvalue weighted by Crippen LogP contribution is -2.23. The summed E-state index contributed by atoms with van der Waals surface area (Å²) < 4.78 is 28.7. The number of hydrogen-bond donors (Lipinski definition) is 1. The molecule has 0 aromatic rings. The van der Waals surface area contributed by atoms with Crippen molar-refractivity contribution in [3.63, 3.8) is 0 Å². The van der Waals surface area contributed by atoms with Crippen LogP contribution in [0.3, 0.4) is 0 Å². The largest absolute Gasteiger partial charge is 0.465 e. The third-order valence-corrected chi connectivity index (χ3v) is 4.32. The van der Waals surface area contributed by atoms with Gasteiger partial charge in [-0.25, -0.2) is 8.42 Å². The van der Waals surface area contributed by atoms with Gasteiger partial charge in [0.15, 0.2) is 10.7 Å². The summed E-state index contributed by atoms with van der Waals surface area (Å²) in [6.07, 6.45) is 3.29. The van der Waals surface area contributed by atoms with Gasteiger partial charge in [-0.15, -0.1) is 0 Å².